The first-order valence-corrected chi connectivity index (χ1v) is 17.9. The summed E-state index contributed by atoms with van der Waals surface area (Å²) >= 11 is 0. The average molecular weight is 638 g/mol. The molecule has 11 nitrogen and oxygen atoms in total. The van der Waals surface area contributed by atoms with Crippen molar-refractivity contribution >= 4 is 31.9 Å². The van der Waals surface area contributed by atoms with Crippen LogP contribution in [0.25, 0.3) is 11.3 Å². The van der Waals surface area contributed by atoms with Gasteiger partial charge in [-0.05, 0) is 51.0 Å². The second-order valence-corrected chi connectivity index (χ2v) is 18.9. The number of nitrogens with zero attached hydrogens (tertiary/aromatic N) is 4. The van der Waals surface area contributed by atoms with Crippen molar-refractivity contribution in [3.63, 3.8) is 0 Å². The van der Waals surface area contributed by atoms with Crippen molar-refractivity contribution < 1.29 is 28.2 Å². The van der Waals surface area contributed by atoms with Crippen LogP contribution in [-0.2, 0) is 14.6 Å². The number of carbonyl (C=O) groups excluding carboxylic acids is 1. The van der Waals surface area contributed by atoms with Gasteiger partial charge in [0.25, 0.3) is 0 Å². The monoisotopic (exact) mass is 637 g/mol. The Labute approximate surface area is 267 Å². The molecule has 1 atom stereocenters. The summed E-state index contributed by atoms with van der Waals surface area (Å²) in [5.41, 5.74) is 1.86. The van der Waals surface area contributed by atoms with Crippen molar-refractivity contribution in [2.75, 3.05) is 44.7 Å². The quantitative estimate of drug-likeness (QED) is 0.239. The fraction of sp³-hybridized carbons (Fsp3) is 0.515. The molecule has 1 N–H and O–H groups in total. The lowest BCUT2D eigenvalue weighted by Crippen LogP contribution is -2.46. The van der Waals surface area contributed by atoms with E-state index in [4.69, 9.17) is 33.3 Å². The SMILES string of the molecule is COc1cc(Nc2nccc(-c3cnc4c(c3)C(C)(CO[Si](C)(C)C(C)(C)C)CN4C(=O)OC(C)(C)C)n2)cc(OC)c1OC. The van der Waals surface area contributed by atoms with E-state index >= 15 is 0 Å². The molecule has 0 radical (unpaired) electrons. The Kier molecular flexibility index (Phi) is 9.42. The van der Waals surface area contributed by atoms with Gasteiger partial charge in [0, 0.05) is 59.9 Å². The number of nitrogens with one attached hydrogen (secondary N) is 1. The first-order chi connectivity index (χ1) is 20.9. The molecule has 3 aromatic rings. The summed E-state index contributed by atoms with van der Waals surface area (Å²) in [6.07, 6.45) is 2.98. The predicted molar refractivity (Wildman–Crippen MR) is 179 cm³/mol. The molecule has 0 fully saturated rings. The first kappa shape index (κ1) is 34.0. The number of anilines is 3. The molecule has 0 bridgehead atoms. The highest BCUT2D eigenvalue weighted by Crippen LogP contribution is 2.45. The van der Waals surface area contributed by atoms with E-state index in [0.29, 0.717) is 53.5 Å². The van der Waals surface area contributed by atoms with Crippen LogP contribution < -0.4 is 24.4 Å². The van der Waals surface area contributed by atoms with Crippen LogP contribution in [0.5, 0.6) is 17.2 Å². The lowest BCUT2D eigenvalue weighted by atomic mass is 9.85. The number of rotatable bonds is 9. The van der Waals surface area contributed by atoms with Gasteiger partial charge in [-0.2, -0.15) is 0 Å². The van der Waals surface area contributed by atoms with Crippen molar-refractivity contribution in [3.8, 4) is 28.5 Å². The van der Waals surface area contributed by atoms with Gasteiger partial charge in [0.2, 0.25) is 11.7 Å². The Bertz CT molecular complexity index is 1530. The number of hydrogen-bond acceptors (Lipinski definition) is 10. The van der Waals surface area contributed by atoms with Crippen molar-refractivity contribution in [3.05, 3.63) is 42.2 Å². The summed E-state index contributed by atoms with van der Waals surface area (Å²) in [4.78, 5) is 29.0. The molecule has 0 spiro atoms. The van der Waals surface area contributed by atoms with Crippen LogP contribution in [0.2, 0.25) is 18.1 Å². The highest BCUT2D eigenvalue weighted by Gasteiger charge is 2.47. The van der Waals surface area contributed by atoms with Crippen LogP contribution in [-0.4, -0.2) is 69.4 Å². The van der Waals surface area contributed by atoms with Crippen LogP contribution in [0.4, 0.5) is 22.2 Å². The van der Waals surface area contributed by atoms with Gasteiger partial charge in [-0.25, -0.2) is 19.7 Å². The molecule has 1 unspecified atom stereocenters. The topological polar surface area (TPSA) is 117 Å². The van der Waals surface area contributed by atoms with Crippen LogP contribution in [0, 0.1) is 0 Å². The summed E-state index contributed by atoms with van der Waals surface area (Å²) < 4.78 is 28.9. The number of benzene rings is 1. The maximum atomic E-state index is 13.4. The zero-order chi connectivity index (χ0) is 33.4. The minimum absolute atomic E-state index is 0.0397. The van der Waals surface area contributed by atoms with Gasteiger partial charge >= 0.3 is 6.09 Å². The fourth-order valence-corrected chi connectivity index (χ4v) is 5.89. The van der Waals surface area contributed by atoms with Gasteiger partial charge in [0.05, 0.1) is 27.0 Å². The number of fused-ring (bicyclic) bond motifs is 1. The van der Waals surface area contributed by atoms with E-state index in [2.05, 4.69) is 51.1 Å². The molecule has 2 aromatic heterocycles. The normalized spacial score (nSPS) is 16.7. The zero-order valence-electron chi connectivity index (χ0n) is 28.6. The van der Waals surface area contributed by atoms with E-state index in [-0.39, 0.29) is 5.04 Å². The molecule has 1 aliphatic heterocycles. The van der Waals surface area contributed by atoms with E-state index in [9.17, 15) is 4.79 Å². The molecule has 1 aliphatic rings. The van der Waals surface area contributed by atoms with E-state index in [1.807, 2.05) is 32.9 Å². The molecule has 3 heterocycles. The molecule has 0 aliphatic carbocycles. The average Bonchev–Trinajstić information content (AvgIpc) is 3.26. The Morgan fingerprint density at radius 1 is 1.00 bits per heavy atom. The number of methoxy groups -OCH3 is 3. The summed E-state index contributed by atoms with van der Waals surface area (Å²) in [6.45, 7) is 19.6. The number of aromatic nitrogens is 3. The smallest absolute Gasteiger partial charge is 0.416 e. The molecule has 1 amide bonds. The van der Waals surface area contributed by atoms with E-state index in [1.165, 1.54) is 0 Å². The van der Waals surface area contributed by atoms with E-state index < -0.39 is 25.4 Å². The van der Waals surface area contributed by atoms with Crippen molar-refractivity contribution in [1.29, 1.82) is 0 Å². The Hall–Kier alpha value is -3.90. The largest absolute Gasteiger partial charge is 0.493 e. The van der Waals surface area contributed by atoms with E-state index in [1.54, 1.807) is 50.8 Å². The summed E-state index contributed by atoms with van der Waals surface area (Å²) in [5.74, 6) is 2.45. The third-order valence-electron chi connectivity index (χ3n) is 8.32. The molecule has 4 rings (SSSR count). The van der Waals surface area contributed by atoms with Crippen LogP contribution in [0.15, 0.2) is 36.7 Å². The van der Waals surface area contributed by atoms with Crippen LogP contribution >= 0.6 is 0 Å². The van der Waals surface area contributed by atoms with Gasteiger partial charge in [-0.3, -0.25) is 4.90 Å². The number of amides is 1. The van der Waals surface area contributed by atoms with Crippen LogP contribution in [0.3, 0.4) is 0 Å². The molecular formula is C33H47N5O6Si. The number of carbonyl (C=O) groups is 1. The minimum atomic E-state index is -2.08. The molecule has 45 heavy (non-hydrogen) atoms. The van der Waals surface area contributed by atoms with Gasteiger partial charge in [-0.15, -0.1) is 0 Å². The highest BCUT2D eigenvalue weighted by atomic mass is 28.4. The fourth-order valence-electron chi connectivity index (χ4n) is 4.78. The third kappa shape index (κ3) is 7.33. The Morgan fingerprint density at radius 2 is 1.64 bits per heavy atom. The van der Waals surface area contributed by atoms with Crippen LogP contribution in [0.1, 0.15) is 54.0 Å². The number of ether oxygens (including phenoxy) is 4. The highest BCUT2D eigenvalue weighted by molar-refractivity contribution is 6.74. The number of pyridine rings is 1. The summed E-state index contributed by atoms with van der Waals surface area (Å²) in [5, 5.41) is 3.27. The minimum Gasteiger partial charge on any atom is -0.493 e. The van der Waals surface area contributed by atoms with Gasteiger partial charge in [-0.1, -0.05) is 27.7 Å². The Balaban J connectivity index is 1.71. The third-order valence-corrected chi connectivity index (χ3v) is 12.8. The molecule has 1 aromatic carbocycles. The summed E-state index contributed by atoms with van der Waals surface area (Å²) in [6, 6.07) is 7.45. The second kappa shape index (κ2) is 12.5. The number of hydrogen-bond donors (Lipinski definition) is 1. The van der Waals surface area contributed by atoms with Crippen molar-refractivity contribution in [2.24, 2.45) is 0 Å². The lowest BCUT2D eigenvalue weighted by molar-refractivity contribution is 0.0574. The maximum Gasteiger partial charge on any atom is 0.416 e. The molecule has 0 saturated heterocycles. The summed E-state index contributed by atoms with van der Waals surface area (Å²) in [7, 11) is 2.60. The first-order valence-electron chi connectivity index (χ1n) is 15.0. The predicted octanol–water partition coefficient (Wildman–Crippen LogP) is 7.34. The lowest BCUT2D eigenvalue weighted by Gasteiger charge is -2.39. The molecular weight excluding hydrogens is 590 g/mol. The van der Waals surface area contributed by atoms with Gasteiger partial charge < -0.3 is 28.7 Å². The van der Waals surface area contributed by atoms with Gasteiger partial charge in [0.15, 0.2) is 19.8 Å². The maximum absolute atomic E-state index is 13.4. The second-order valence-electron chi connectivity index (χ2n) is 14.1. The van der Waals surface area contributed by atoms with E-state index in [0.717, 1.165) is 11.1 Å². The zero-order valence-corrected chi connectivity index (χ0v) is 29.6. The molecule has 244 valence electrons. The molecule has 12 heteroatoms. The molecule has 0 saturated carbocycles. The van der Waals surface area contributed by atoms with Gasteiger partial charge in [0.1, 0.15) is 11.4 Å². The Morgan fingerprint density at radius 3 is 2.20 bits per heavy atom. The standard InChI is InChI=1S/C33H47N5O6Si/c1-31(2,3)44-30(39)38-19-33(7,20-43-45(11,12)32(4,5)6)23-15-21(18-35-28(23)38)24-13-14-34-29(37-24)36-22-16-25(40-8)27(42-10)26(17-22)41-9/h13-18H,19-20H2,1-12H3,(H,34,36,37). The van der Waals surface area contributed by atoms with Crippen molar-refractivity contribution in [1.82, 2.24) is 15.0 Å². The van der Waals surface area contributed by atoms with Crippen molar-refractivity contribution in [2.45, 2.75) is 77.6 Å².